The fraction of sp³-hybridized carbons (Fsp3) is 0.0625. The van der Waals surface area contributed by atoms with Gasteiger partial charge in [0.25, 0.3) is 0 Å². The Bertz CT molecular complexity index is 3490. The number of allylic oxidation sites excluding steroid dienone is 4. The van der Waals surface area contributed by atoms with E-state index in [1.54, 1.807) is 0 Å². The first kappa shape index (κ1) is 39.1. The van der Waals surface area contributed by atoms with E-state index in [9.17, 15) is 0 Å². The smallest absolute Gasteiger partial charge is 0.00219 e. The van der Waals surface area contributed by atoms with Crippen molar-refractivity contribution in [2.24, 2.45) is 11.8 Å². The molecule has 64 heavy (non-hydrogen) atoms. The quantitative estimate of drug-likeness (QED) is 0.123. The van der Waals surface area contributed by atoms with Gasteiger partial charge in [-0.1, -0.05) is 218 Å². The maximum atomic E-state index is 3.00. The third-order valence-corrected chi connectivity index (χ3v) is 13.5. The molecule has 0 heterocycles. The van der Waals surface area contributed by atoms with Gasteiger partial charge in [0.2, 0.25) is 0 Å². The van der Waals surface area contributed by atoms with E-state index < -0.39 is 0 Å². The van der Waals surface area contributed by atoms with Crippen LogP contribution < -0.4 is 0 Å². The van der Waals surface area contributed by atoms with Gasteiger partial charge in [-0.15, -0.1) is 13.2 Å². The highest BCUT2D eigenvalue weighted by molar-refractivity contribution is 6.22. The van der Waals surface area contributed by atoms with Crippen molar-refractivity contribution in [3.63, 3.8) is 0 Å². The molecule has 11 aromatic carbocycles. The summed E-state index contributed by atoms with van der Waals surface area (Å²) in [5.74, 6) is 1.13. The van der Waals surface area contributed by atoms with E-state index in [0.717, 1.165) is 0 Å². The van der Waals surface area contributed by atoms with Gasteiger partial charge in [-0.05, 0) is 140 Å². The molecule has 2 unspecified atom stereocenters. The Morgan fingerprint density at radius 3 is 1.03 bits per heavy atom. The van der Waals surface area contributed by atoms with E-state index in [4.69, 9.17) is 0 Å². The zero-order valence-corrected chi connectivity index (χ0v) is 35.9. The summed E-state index contributed by atoms with van der Waals surface area (Å²) in [5.41, 5.74) is 10.8. The van der Waals surface area contributed by atoms with E-state index in [1.807, 2.05) is 0 Å². The molecular formula is C64H48. The monoisotopic (exact) mass is 816 g/mol. The van der Waals surface area contributed by atoms with Crippen molar-refractivity contribution in [2.45, 2.75) is 12.8 Å². The van der Waals surface area contributed by atoms with Crippen molar-refractivity contribution in [1.82, 2.24) is 0 Å². The summed E-state index contributed by atoms with van der Waals surface area (Å²) in [7, 11) is 0. The Morgan fingerprint density at radius 2 is 0.656 bits per heavy atom. The predicted octanol–water partition coefficient (Wildman–Crippen LogP) is 18.1. The fourth-order valence-corrected chi connectivity index (χ4v) is 10.7. The van der Waals surface area contributed by atoms with Gasteiger partial charge < -0.3 is 0 Å². The van der Waals surface area contributed by atoms with Gasteiger partial charge in [-0.2, -0.15) is 0 Å². The summed E-state index contributed by atoms with van der Waals surface area (Å²) in [6.45, 7) is 6.00. The second-order valence-corrected chi connectivity index (χ2v) is 17.0. The van der Waals surface area contributed by atoms with Gasteiger partial charge in [0.15, 0.2) is 0 Å². The summed E-state index contributed by atoms with van der Waals surface area (Å²) in [4.78, 5) is 0. The van der Waals surface area contributed by atoms with Crippen molar-refractivity contribution < 1.29 is 0 Å². The molecule has 0 nitrogen and oxygen atoms in total. The lowest BCUT2D eigenvalue weighted by Crippen LogP contribution is -2.16. The molecule has 0 aliphatic heterocycles. The van der Waals surface area contributed by atoms with Crippen LogP contribution in [0.25, 0.3) is 104 Å². The number of benzene rings is 11. The van der Waals surface area contributed by atoms with E-state index in [1.165, 1.54) is 122 Å². The van der Waals surface area contributed by atoms with Crippen molar-refractivity contribution in [2.75, 3.05) is 0 Å². The number of fused-ring (bicyclic) bond motifs is 7. The molecule has 0 radical (unpaired) electrons. The van der Waals surface area contributed by atoms with Crippen LogP contribution in [0.5, 0.6) is 0 Å². The summed E-state index contributed by atoms with van der Waals surface area (Å²) in [6, 6.07) is 77.4. The Hall–Kier alpha value is -7.80. The highest BCUT2D eigenvalue weighted by Crippen LogP contribution is 2.49. The lowest BCUT2D eigenvalue weighted by molar-refractivity contribution is 0.544. The van der Waals surface area contributed by atoms with Crippen LogP contribution in [-0.2, 0) is 0 Å². The molecule has 0 fully saturated rings. The first-order valence-corrected chi connectivity index (χ1v) is 22.6. The molecule has 3 aliphatic rings. The van der Waals surface area contributed by atoms with Crippen molar-refractivity contribution in [3.8, 4) is 33.4 Å². The number of hydrogen-bond acceptors (Lipinski definition) is 0. The average Bonchev–Trinajstić information content (AvgIpc) is 3.38. The molecule has 11 aromatic rings. The van der Waals surface area contributed by atoms with E-state index in [0.29, 0.717) is 11.8 Å². The minimum Gasteiger partial charge on any atom is -0.106 e. The minimum absolute atomic E-state index is 0.540. The highest BCUT2D eigenvalue weighted by Gasteiger charge is 2.28. The molecule has 14 rings (SSSR count). The third-order valence-electron chi connectivity index (χ3n) is 13.5. The van der Waals surface area contributed by atoms with Crippen LogP contribution in [0.1, 0.15) is 18.4 Å². The van der Waals surface area contributed by atoms with Crippen LogP contribution in [0.4, 0.5) is 0 Å². The molecule has 2 bridgehead atoms. The van der Waals surface area contributed by atoms with Crippen LogP contribution in [-0.4, -0.2) is 0 Å². The largest absolute Gasteiger partial charge is 0.106 e. The average molecular weight is 817 g/mol. The zero-order valence-electron chi connectivity index (χ0n) is 35.9. The standard InChI is InChI=1S/C32H24.C30H20.C2H4/c1-2-8-24-20-25(18-17-22(24)7-1)31-26-9-3-5-11-28(26)32(29-12-6-4-10-27(29)31)30-19-21-13-15-23(30)16-14-21;1-2-11-22(12-3-1)29-25-14-6-8-16-27(25)30(28-17-9-7-15-26(28)29)24-19-18-21-10-4-5-13-23(21)20-24;1-2/h1-13,15,17-21,23H,14,16H2;1-20H;1-2H2. The Labute approximate surface area is 375 Å². The molecule has 2 atom stereocenters. The maximum Gasteiger partial charge on any atom is 0.00219 e. The first-order valence-electron chi connectivity index (χ1n) is 22.6. The van der Waals surface area contributed by atoms with Crippen molar-refractivity contribution in [3.05, 3.63) is 249 Å². The van der Waals surface area contributed by atoms with Gasteiger partial charge in [0.05, 0.1) is 0 Å². The predicted molar refractivity (Wildman–Crippen MR) is 279 cm³/mol. The molecule has 0 spiro atoms. The van der Waals surface area contributed by atoms with Gasteiger partial charge in [0.1, 0.15) is 0 Å². The Morgan fingerprint density at radius 1 is 0.297 bits per heavy atom. The molecule has 304 valence electrons. The summed E-state index contributed by atoms with van der Waals surface area (Å²) < 4.78 is 0. The highest BCUT2D eigenvalue weighted by atomic mass is 14.3. The zero-order chi connectivity index (χ0) is 43.0. The lowest BCUT2D eigenvalue weighted by Gasteiger charge is -2.32. The van der Waals surface area contributed by atoms with E-state index in [-0.39, 0.29) is 0 Å². The number of rotatable bonds is 4. The summed E-state index contributed by atoms with van der Waals surface area (Å²) >= 11 is 0. The maximum absolute atomic E-state index is 3.00. The van der Waals surface area contributed by atoms with Crippen molar-refractivity contribution in [1.29, 1.82) is 0 Å². The third kappa shape index (κ3) is 6.80. The van der Waals surface area contributed by atoms with Crippen LogP contribution in [0.2, 0.25) is 0 Å². The van der Waals surface area contributed by atoms with Gasteiger partial charge in [-0.3, -0.25) is 0 Å². The SMILES string of the molecule is C1=CC2CCC1C=C2c1c2ccccc2c(-c2ccc3ccccc3c2)c2ccccc12.C=C.c1ccc(-c2c3ccccc3c(-c3ccc4ccccc4c3)c3ccccc23)cc1. The lowest BCUT2D eigenvalue weighted by atomic mass is 9.72. The second kappa shape index (κ2) is 16.8. The molecule has 0 heteroatoms. The van der Waals surface area contributed by atoms with Gasteiger partial charge in [-0.25, -0.2) is 0 Å². The van der Waals surface area contributed by atoms with Crippen LogP contribution in [0.15, 0.2) is 244 Å². The molecule has 3 aliphatic carbocycles. The van der Waals surface area contributed by atoms with Gasteiger partial charge >= 0.3 is 0 Å². The Kier molecular flexibility index (Phi) is 10.3. The van der Waals surface area contributed by atoms with Gasteiger partial charge in [0, 0.05) is 5.92 Å². The van der Waals surface area contributed by atoms with E-state index >= 15 is 0 Å². The molecular weight excluding hydrogens is 769 g/mol. The molecule has 0 N–H and O–H groups in total. The van der Waals surface area contributed by atoms with Crippen LogP contribution >= 0.6 is 0 Å². The van der Waals surface area contributed by atoms with E-state index in [2.05, 4.69) is 244 Å². The molecule has 0 aromatic heterocycles. The van der Waals surface area contributed by atoms with Crippen LogP contribution in [0.3, 0.4) is 0 Å². The topological polar surface area (TPSA) is 0 Å². The Balaban J connectivity index is 0.000000138. The molecule has 0 saturated heterocycles. The summed E-state index contributed by atoms with van der Waals surface area (Å²) in [5, 5.41) is 15.8. The van der Waals surface area contributed by atoms with Crippen LogP contribution in [0, 0.1) is 11.8 Å². The minimum atomic E-state index is 0.540. The number of hydrogen-bond donors (Lipinski definition) is 0. The molecule has 0 amide bonds. The normalized spacial score (nSPS) is 15.2. The summed E-state index contributed by atoms with van der Waals surface area (Å²) in [6.07, 6.45) is 9.95. The first-order chi connectivity index (χ1) is 31.8. The van der Waals surface area contributed by atoms with Crippen molar-refractivity contribution >= 4 is 70.2 Å². The fourth-order valence-electron chi connectivity index (χ4n) is 10.7. The second-order valence-electron chi connectivity index (χ2n) is 17.0. The molecule has 0 saturated carbocycles.